The Morgan fingerprint density at radius 1 is 1.21 bits per heavy atom. The number of hydrogen-bond acceptors (Lipinski definition) is 8. The molecule has 29 heavy (non-hydrogen) atoms. The van der Waals surface area contributed by atoms with E-state index in [1.807, 2.05) is 11.5 Å². The summed E-state index contributed by atoms with van der Waals surface area (Å²) in [5, 5.41) is 5.72. The number of carbonyl (C=O) groups excluding carboxylic acids is 1. The molecule has 0 aliphatic carbocycles. The lowest BCUT2D eigenvalue weighted by Gasteiger charge is -2.09. The number of aryl methyl sites for hydroxylation is 1. The number of nitrogens with one attached hydrogen (secondary N) is 3. The van der Waals surface area contributed by atoms with Gasteiger partial charge in [0.05, 0.1) is 6.54 Å². The van der Waals surface area contributed by atoms with Crippen LogP contribution in [-0.4, -0.2) is 46.9 Å². The van der Waals surface area contributed by atoms with Gasteiger partial charge in [0.1, 0.15) is 28.0 Å². The zero-order chi connectivity index (χ0) is 20.9. The molecule has 0 bridgehead atoms. The van der Waals surface area contributed by atoms with Gasteiger partial charge in [0.15, 0.2) is 0 Å². The molecule has 12 heteroatoms. The number of amides is 1. The average molecular weight is 436 g/mol. The van der Waals surface area contributed by atoms with Crippen LogP contribution in [-0.2, 0) is 21.4 Å². The van der Waals surface area contributed by atoms with Gasteiger partial charge in [-0.3, -0.25) is 9.36 Å². The van der Waals surface area contributed by atoms with Crippen LogP contribution >= 0.6 is 11.3 Å². The van der Waals surface area contributed by atoms with Gasteiger partial charge < -0.3 is 10.6 Å². The Bertz CT molecular complexity index is 1090. The Morgan fingerprint density at radius 2 is 2.03 bits per heavy atom. The van der Waals surface area contributed by atoms with Crippen molar-refractivity contribution in [2.75, 3.05) is 18.4 Å². The lowest BCUT2D eigenvalue weighted by Crippen LogP contribution is -2.28. The molecule has 0 aliphatic rings. The Labute approximate surface area is 172 Å². The fraction of sp³-hybridized carbons (Fsp3) is 0.294. The number of rotatable bonds is 9. The van der Waals surface area contributed by atoms with Gasteiger partial charge in [0, 0.05) is 43.4 Å². The highest BCUT2D eigenvalue weighted by Crippen LogP contribution is 2.21. The maximum absolute atomic E-state index is 12.4. The van der Waals surface area contributed by atoms with Gasteiger partial charge in [-0.1, -0.05) is 0 Å². The summed E-state index contributed by atoms with van der Waals surface area (Å²) in [6.07, 6.45) is 4.92. The molecule has 10 nitrogen and oxygen atoms in total. The molecule has 0 spiro atoms. The standard InChI is InChI=1S/C17H21N7O3S2/c1-12-18-7-8-24(12)16-9-15(21-11-22-16)19-5-6-23-29(26,27)17-4-3-14(28-17)10-20-13(2)25/h3-4,7-9,11,23H,5-6,10H2,1-2H3,(H,20,25)(H,19,21,22). The SMILES string of the molecule is CC(=O)NCc1ccc(S(=O)(=O)NCCNc2cc(-n3ccnc3C)ncn2)s1. The van der Waals surface area contributed by atoms with E-state index in [-0.39, 0.29) is 16.7 Å². The fourth-order valence-electron chi connectivity index (χ4n) is 2.45. The Morgan fingerprint density at radius 3 is 2.76 bits per heavy atom. The number of thiophene rings is 1. The number of nitrogens with zero attached hydrogens (tertiary/aromatic N) is 4. The van der Waals surface area contributed by atoms with Crippen molar-refractivity contribution >= 4 is 33.1 Å². The molecule has 0 aromatic carbocycles. The molecule has 0 aliphatic heterocycles. The van der Waals surface area contributed by atoms with Crippen LogP contribution in [0.1, 0.15) is 17.6 Å². The Hall–Kier alpha value is -2.83. The topological polar surface area (TPSA) is 131 Å². The normalized spacial score (nSPS) is 11.4. The molecular formula is C17H21N7O3S2. The van der Waals surface area contributed by atoms with Crippen molar-refractivity contribution in [2.45, 2.75) is 24.6 Å². The summed E-state index contributed by atoms with van der Waals surface area (Å²) in [7, 11) is -3.61. The van der Waals surface area contributed by atoms with E-state index in [4.69, 9.17) is 0 Å². The minimum atomic E-state index is -3.61. The lowest BCUT2D eigenvalue weighted by atomic mass is 10.4. The highest BCUT2D eigenvalue weighted by atomic mass is 32.2. The second-order valence-electron chi connectivity index (χ2n) is 6.06. The molecule has 3 rings (SSSR count). The fourth-order valence-corrected chi connectivity index (χ4v) is 4.82. The molecule has 0 unspecified atom stereocenters. The highest BCUT2D eigenvalue weighted by molar-refractivity contribution is 7.91. The number of imidazole rings is 1. The molecule has 0 atom stereocenters. The van der Waals surface area contributed by atoms with Crippen LogP contribution in [0, 0.1) is 6.92 Å². The van der Waals surface area contributed by atoms with Crippen molar-refractivity contribution in [2.24, 2.45) is 0 Å². The molecule has 1 amide bonds. The third-order valence-corrected chi connectivity index (χ3v) is 6.90. The number of aromatic nitrogens is 4. The summed E-state index contributed by atoms with van der Waals surface area (Å²) >= 11 is 1.12. The molecule has 3 aromatic heterocycles. The van der Waals surface area contributed by atoms with Crippen molar-refractivity contribution in [3.05, 3.63) is 47.6 Å². The zero-order valence-electron chi connectivity index (χ0n) is 15.9. The average Bonchev–Trinajstić information content (AvgIpc) is 3.33. The smallest absolute Gasteiger partial charge is 0.250 e. The molecule has 0 radical (unpaired) electrons. The largest absolute Gasteiger partial charge is 0.369 e. The van der Waals surface area contributed by atoms with E-state index in [1.54, 1.807) is 24.5 Å². The van der Waals surface area contributed by atoms with Crippen LogP contribution < -0.4 is 15.4 Å². The van der Waals surface area contributed by atoms with E-state index in [0.717, 1.165) is 22.0 Å². The van der Waals surface area contributed by atoms with Crippen LogP contribution in [0.2, 0.25) is 0 Å². The Balaban J connectivity index is 1.52. The van der Waals surface area contributed by atoms with E-state index >= 15 is 0 Å². The van der Waals surface area contributed by atoms with Crippen molar-refractivity contribution in [1.82, 2.24) is 29.6 Å². The van der Waals surface area contributed by atoms with Crippen molar-refractivity contribution in [3.8, 4) is 5.82 Å². The number of carbonyl (C=O) groups is 1. The predicted molar refractivity (Wildman–Crippen MR) is 109 cm³/mol. The quantitative estimate of drug-likeness (QED) is 0.428. The summed E-state index contributed by atoms with van der Waals surface area (Å²) in [4.78, 5) is 24.2. The maximum atomic E-state index is 12.4. The van der Waals surface area contributed by atoms with Gasteiger partial charge in [-0.05, 0) is 19.1 Å². The molecule has 154 valence electrons. The van der Waals surface area contributed by atoms with Gasteiger partial charge in [-0.2, -0.15) is 0 Å². The third-order valence-electron chi connectivity index (χ3n) is 3.86. The van der Waals surface area contributed by atoms with Crippen LogP contribution in [0.5, 0.6) is 0 Å². The van der Waals surface area contributed by atoms with Crippen LogP contribution in [0.4, 0.5) is 5.82 Å². The molecule has 3 aromatic rings. The Kier molecular flexibility index (Phi) is 6.56. The van der Waals surface area contributed by atoms with Crippen molar-refractivity contribution in [3.63, 3.8) is 0 Å². The van der Waals surface area contributed by atoms with Gasteiger partial charge in [-0.25, -0.2) is 28.1 Å². The van der Waals surface area contributed by atoms with E-state index in [2.05, 4.69) is 30.3 Å². The van der Waals surface area contributed by atoms with Gasteiger partial charge in [0.25, 0.3) is 0 Å². The van der Waals surface area contributed by atoms with Gasteiger partial charge >= 0.3 is 0 Å². The molecule has 0 saturated heterocycles. The summed E-state index contributed by atoms with van der Waals surface area (Å²) in [6.45, 7) is 4.13. The molecule has 3 N–H and O–H groups in total. The summed E-state index contributed by atoms with van der Waals surface area (Å²) < 4.78 is 29.4. The summed E-state index contributed by atoms with van der Waals surface area (Å²) in [6, 6.07) is 4.98. The predicted octanol–water partition coefficient (Wildman–Crippen LogP) is 1.06. The first-order valence-corrected chi connectivity index (χ1v) is 11.0. The van der Waals surface area contributed by atoms with Crippen molar-refractivity contribution in [1.29, 1.82) is 0 Å². The maximum Gasteiger partial charge on any atom is 0.250 e. The molecular weight excluding hydrogens is 414 g/mol. The first-order chi connectivity index (χ1) is 13.8. The van der Waals surface area contributed by atoms with Gasteiger partial charge in [0.2, 0.25) is 15.9 Å². The van der Waals surface area contributed by atoms with Crippen molar-refractivity contribution < 1.29 is 13.2 Å². The number of anilines is 1. The minimum absolute atomic E-state index is 0.164. The molecule has 0 fully saturated rings. The highest BCUT2D eigenvalue weighted by Gasteiger charge is 2.16. The second kappa shape index (κ2) is 9.11. The number of sulfonamides is 1. The first-order valence-electron chi connectivity index (χ1n) is 8.74. The van der Waals surface area contributed by atoms with E-state index in [0.29, 0.717) is 24.7 Å². The van der Waals surface area contributed by atoms with E-state index in [1.165, 1.54) is 19.3 Å². The van der Waals surface area contributed by atoms with E-state index in [9.17, 15) is 13.2 Å². The van der Waals surface area contributed by atoms with Gasteiger partial charge in [-0.15, -0.1) is 11.3 Å². The van der Waals surface area contributed by atoms with Crippen LogP contribution in [0.25, 0.3) is 5.82 Å². The monoisotopic (exact) mass is 435 g/mol. The second-order valence-corrected chi connectivity index (χ2v) is 9.22. The summed E-state index contributed by atoms with van der Waals surface area (Å²) in [5.41, 5.74) is 0. The first kappa shape index (κ1) is 20.9. The molecule has 0 saturated carbocycles. The number of hydrogen-bond donors (Lipinski definition) is 3. The van der Waals surface area contributed by atoms with Crippen LogP contribution in [0.15, 0.2) is 41.1 Å². The zero-order valence-corrected chi connectivity index (χ0v) is 17.5. The minimum Gasteiger partial charge on any atom is -0.369 e. The summed E-state index contributed by atoms with van der Waals surface area (Å²) in [5.74, 6) is 1.89. The van der Waals surface area contributed by atoms with Crippen LogP contribution in [0.3, 0.4) is 0 Å². The lowest BCUT2D eigenvalue weighted by molar-refractivity contribution is -0.119. The third kappa shape index (κ3) is 5.59. The van der Waals surface area contributed by atoms with E-state index < -0.39 is 10.0 Å². The molecule has 3 heterocycles.